The number of nitrogens with zero attached hydrogens (tertiary/aromatic N) is 2. The van der Waals surface area contributed by atoms with Gasteiger partial charge in [-0.25, -0.2) is 0 Å². The van der Waals surface area contributed by atoms with E-state index >= 15 is 0 Å². The first-order valence-corrected chi connectivity index (χ1v) is 9.63. The SMILES string of the molecule is COc1ccc([C@@](C#N)(CCCN(C)CCC(C)C)C(C)C)cc1OC.Cl. The van der Waals surface area contributed by atoms with Crippen LogP contribution in [-0.2, 0) is 5.41 Å². The number of halogens is 1. The lowest BCUT2D eigenvalue weighted by molar-refractivity contribution is 0.278. The van der Waals surface area contributed by atoms with Crippen LogP contribution >= 0.6 is 12.4 Å². The molecule has 0 saturated carbocycles. The molecule has 0 aliphatic heterocycles. The van der Waals surface area contributed by atoms with Gasteiger partial charge in [0.1, 0.15) is 0 Å². The molecule has 0 fully saturated rings. The minimum atomic E-state index is -0.515. The summed E-state index contributed by atoms with van der Waals surface area (Å²) >= 11 is 0. The number of methoxy groups -OCH3 is 2. The first-order chi connectivity index (χ1) is 12.3. The fraction of sp³-hybridized carbons (Fsp3) is 0.682. The summed E-state index contributed by atoms with van der Waals surface area (Å²) < 4.78 is 10.8. The highest BCUT2D eigenvalue weighted by Crippen LogP contribution is 2.40. The minimum Gasteiger partial charge on any atom is -0.493 e. The highest BCUT2D eigenvalue weighted by atomic mass is 35.5. The quantitative estimate of drug-likeness (QED) is 0.509. The summed E-state index contributed by atoms with van der Waals surface area (Å²) in [6, 6.07) is 8.50. The molecular weight excluding hydrogens is 360 g/mol. The molecule has 0 amide bonds. The molecular formula is C22H37ClN2O2. The Balaban J connectivity index is 0.00000676. The Hall–Kier alpha value is -1.44. The van der Waals surface area contributed by atoms with Crippen molar-refractivity contribution >= 4 is 12.4 Å². The van der Waals surface area contributed by atoms with Gasteiger partial charge in [0.25, 0.3) is 0 Å². The average molecular weight is 397 g/mol. The maximum absolute atomic E-state index is 10.1. The Bertz CT molecular complexity index is 598. The third kappa shape index (κ3) is 6.90. The zero-order chi connectivity index (χ0) is 19.7. The molecule has 1 aromatic carbocycles. The molecule has 0 bridgehead atoms. The van der Waals surface area contributed by atoms with Gasteiger partial charge in [0.15, 0.2) is 11.5 Å². The van der Waals surface area contributed by atoms with Crippen molar-refractivity contribution in [2.45, 2.75) is 52.4 Å². The van der Waals surface area contributed by atoms with Crippen molar-refractivity contribution < 1.29 is 9.47 Å². The third-order valence-corrected chi connectivity index (χ3v) is 5.28. The van der Waals surface area contributed by atoms with E-state index in [-0.39, 0.29) is 18.3 Å². The van der Waals surface area contributed by atoms with Crippen LogP contribution in [-0.4, -0.2) is 39.3 Å². The minimum absolute atomic E-state index is 0. The standard InChI is InChI=1S/C22H36N2O2.ClH/c1-17(2)11-14-24(5)13-8-12-22(16-23,18(3)4)19-9-10-20(25-6)21(15-19)26-7;/h9-10,15,17-18H,8,11-14H2,1-7H3;1H/t22-;/m1./s1. The zero-order valence-electron chi connectivity index (χ0n) is 18.0. The van der Waals surface area contributed by atoms with Crippen LogP contribution in [0.3, 0.4) is 0 Å². The van der Waals surface area contributed by atoms with Crippen LogP contribution in [0.1, 0.15) is 52.5 Å². The molecule has 27 heavy (non-hydrogen) atoms. The van der Waals surface area contributed by atoms with Crippen LogP contribution in [0.15, 0.2) is 18.2 Å². The molecule has 1 aromatic rings. The molecule has 0 aliphatic rings. The summed E-state index contributed by atoms with van der Waals surface area (Å²) in [5, 5.41) is 10.1. The fourth-order valence-electron chi connectivity index (χ4n) is 3.35. The normalized spacial score (nSPS) is 13.2. The van der Waals surface area contributed by atoms with Crippen LogP contribution in [0.5, 0.6) is 11.5 Å². The van der Waals surface area contributed by atoms with E-state index in [1.54, 1.807) is 14.2 Å². The lowest BCUT2D eigenvalue weighted by Gasteiger charge is -2.32. The van der Waals surface area contributed by atoms with E-state index in [2.05, 4.69) is 45.7 Å². The zero-order valence-corrected chi connectivity index (χ0v) is 18.9. The highest BCUT2D eigenvalue weighted by Gasteiger charge is 2.36. The van der Waals surface area contributed by atoms with Gasteiger partial charge in [-0.15, -0.1) is 12.4 Å². The van der Waals surface area contributed by atoms with Crippen LogP contribution in [0, 0.1) is 23.2 Å². The number of nitriles is 1. The maximum atomic E-state index is 10.1. The Morgan fingerprint density at radius 2 is 1.70 bits per heavy atom. The highest BCUT2D eigenvalue weighted by molar-refractivity contribution is 5.85. The predicted octanol–water partition coefficient (Wildman–Crippen LogP) is 5.30. The van der Waals surface area contributed by atoms with Crippen molar-refractivity contribution in [2.75, 3.05) is 34.4 Å². The van der Waals surface area contributed by atoms with Crippen molar-refractivity contribution in [1.82, 2.24) is 4.90 Å². The van der Waals surface area contributed by atoms with E-state index in [1.807, 2.05) is 18.2 Å². The van der Waals surface area contributed by atoms with E-state index < -0.39 is 5.41 Å². The van der Waals surface area contributed by atoms with E-state index in [0.29, 0.717) is 11.5 Å². The van der Waals surface area contributed by atoms with Crippen molar-refractivity contribution in [3.05, 3.63) is 23.8 Å². The Morgan fingerprint density at radius 3 is 2.19 bits per heavy atom. The number of hydrogen-bond donors (Lipinski definition) is 0. The summed E-state index contributed by atoms with van der Waals surface area (Å²) in [6.45, 7) is 10.9. The maximum Gasteiger partial charge on any atom is 0.161 e. The number of rotatable bonds is 11. The molecule has 1 rings (SSSR count). The van der Waals surface area contributed by atoms with Gasteiger partial charge in [-0.05, 0) is 68.9 Å². The van der Waals surface area contributed by atoms with Gasteiger partial charge in [-0.1, -0.05) is 33.8 Å². The topological polar surface area (TPSA) is 45.5 Å². The average Bonchev–Trinajstić information content (AvgIpc) is 2.62. The molecule has 0 spiro atoms. The third-order valence-electron chi connectivity index (χ3n) is 5.28. The second-order valence-corrected chi connectivity index (χ2v) is 7.90. The molecule has 0 aromatic heterocycles. The molecule has 0 heterocycles. The number of benzene rings is 1. The first-order valence-electron chi connectivity index (χ1n) is 9.63. The molecule has 1 atom stereocenters. The molecule has 154 valence electrons. The van der Waals surface area contributed by atoms with Crippen LogP contribution in [0.25, 0.3) is 0 Å². The summed E-state index contributed by atoms with van der Waals surface area (Å²) in [6.07, 6.45) is 3.04. The summed E-state index contributed by atoms with van der Waals surface area (Å²) in [7, 11) is 5.43. The van der Waals surface area contributed by atoms with E-state index in [4.69, 9.17) is 9.47 Å². The van der Waals surface area contributed by atoms with Crippen LogP contribution < -0.4 is 9.47 Å². The molecule has 0 unspecified atom stereocenters. The molecule has 0 N–H and O–H groups in total. The Kier molecular flexibility index (Phi) is 11.5. The number of hydrogen-bond acceptors (Lipinski definition) is 4. The van der Waals surface area contributed by atoms with Crippen LogP contribution in [0.4, 0.5) is 0 Å². The van der Waals surface area contributed by atoms with Crippen molar-refractivity contribution in [3.63, 3.8) is 0 Å². The van der Waals surface area contributed by atoms with Crippen LogP contribution in [0.2, 0.25) is 0 Å². The van der Waals surface area contributed by atoms with Crippen molar-refractivity contribution in [2.24, 2.45) is 11.8 Å². The molecule has 0 aliphatic carbocycles. The molecule has 4 nitrogen and oxygen atoms in total. The van der Waals surface area contributed by atoms with Gasteiger partial charge in [0.2, 0.25) is 0 Å². The molecule has 5 heteroatoms. The molecule has 0 saturated heterocycles. The van der Waals surface area contributed by atoms with Gasteiger partial charge in [0, 0.05) is 0 Å². The van der Waals surface area contributed by atoms with Crippen molar-refractivity contribution in [1.29, 1.82) is 5.26 Å². The summed E-state index contributed by atoms with van der Waals surface area (Å²) in [5.74, 6) is 2.31. The van der Waals surface area contributed by atoms with Gasteiger partial charge < -0.3 is 14.4 Å². The van der Waals surface area contributed by atoms with E-state index in [0.717, 1.165) is 37.4 Å². The molecule has 0 radical (unpaired) electrons. The van der Waals surface area contributed by atoms with E-state index in [9.17, 15) is 5.26 Å². The fourth-order valence-corrected chi connectivity index (χ4v) is 3.35. The van der Waals surface area contributed by atoms with Gasteiger partial charge in [-0.3, -0.25) is 0 Å². The smallest absolute Gasteiger partial charge is 0.161 e. The summed E-state index contributed by atoms with van der Waals surface area (Å²) in [5.41, 5.74) is 0.496. The van der Waals surface area contributed by atoms with Gasteiger partial charge in [0.05, 0.1) is 25.7 Å². The second kappa shape index (κ2) is 12.1. The lowest BCUT2D eigenvalue weighted by atomic mass is 9.69. The number of ether oxygens (including phenoxy) is 2. The van der Waals surface area contributed by atoms with Gasteiger partial charge in [-0.2, -0.15) is 5.26 Å². The Morgan fingerprint density at radius 1 is 1.07 bits per heavy atom. The van der Waals surface area contributed by atoms with Crippen molar-refractivity contribution in [3.8, 4) is 17.6 Å². The predicted molar refractivity (Wildman–Crippen MR) is 115 cm³/mol. The van der Waals surface area contributed by atoms with Gasteiger partial charge >= 0.3 is 0 Å². The monoisotopic (exact) mass is 396 g/mol. The first kappa shape index (κ1) is 25.6. The van der Waals surface area contributed by atoms with E-state index in [1.165, 1.54) is 6.42 Å². The second-order valence-electron chi connectivity index (χ2n) is 7.90. The Labute approximate surface area is 172 Å². The lowest BCUT2D eigenvalue weighted by Crippen LogP contribution is -2.32. The summed E-state index contributed by atoms with van der Waals surface area (Å²) in [4.78, 5) is 2.37. The largest absolute Gasteiger partial charge is 0.493 e.